The van der Waals surface area contributed by atoms with Crippen LogP contribution in [0.3, 0.4) is 0 Å². The molecule has 1 aliphatic carbocycles. The fourth-order valence-electron chi connectivity index (χ4n) is 5.31. The van der Waals surface area contributed by atoms with Crippen molar-refractivity contribution in [3.05, 3.63) is 29.8 Å². The van der Waals surface area contributed by atoms with E-state index in [-0.39, 0.29) is 29.3 Å². The number of piperidine rings is 1. The number of carbonyl (C=O) groups is 2. The summed E-state index contributed by atoms with van der Waals surface area (Å²) < 4.78 is 12.0. The zero-order chi connectivity index (χ0) is 20.6. The van der Waals surface area contributed by atoms with Crippen molar-refractivity contribution in [2.45, 2.75) is 68.9 Å². The Morgan fingerprint density at radius 2 is 1.80 bits per heavy atom. The van der Waals surface area contributed by atoms with Gasteiger partial charge in [0.05, 0.1) is 0 Å². The van der Waals surface area contributed by atoms with Gasteiger partial charge in [-0.1, -0.05) is 18.2 Å². The Bertz CT molecular complexity index is 792. The minimum Gasteiger partial charge on any atom is -0.487 e. The Morgan fingerprint density at radius 3 is 2.53 bits per heavy atom. The van der Waals surface area contributed by atoms with Gasteiger partial charge in [-0.3, -0.25) is 9.59 Å². The van der Waals surface area contributed by atoms with Gasteiger partial charge in [-0.05, 0) is 43.7 Å². The number of likely N-dealkylation sites (tertiary alicyclic amines) is 1. The van der Waals surface area contributed by atoms with Gasteiger partial charge in [-0.2, -0.15) is 0 Å². The van der Waals surface area contributed by atoms with Crippen molar-refractivity contribution in [3.63, 3.8) is 0 Å². The SMILES string of the molecule is O=C(CC1CC2(CCN(C(=O)C3CCOCC3)CC2)Oc2ccccc21)NC1CC1. The van der Waals surface area contributed by atoms with Crippen molar-refractivity contribution in [1.82, 2.24) is 10.2 Å². The van der Waals surface area contributed by atoms with E-state index in [2.05, 4.69) is 11.4 Å². The molecule has 1 atom stereocenters. The lowest BCUT2D eigenvalue weighted by Gasteiger charge is -2.47. The topological polar surface area (TPSA) is 67.9 Å². The third kappa shape index (κ3) is 4.20. The fraction of sp³-hybridized carbons (Fsp3) is 0.667. The quantitative estimate of drug-likeness (QED) is 0.826. The lowest BCUT2D eigenvalue weighted by Crippen LogP contribution is -2.53. The maximum absolute atomic E-state index is 12.9. The molecule has 1 N–H and O–H groups in total. The maximum atomic E-state index is 12.9. The number of ether oxygens (including phenoxy) is 2. The largest absolute Gasteiger partial charge is 0.487 e. The number of carbonyl (C=O) groups excluding carboxylic acids is 2. The summed E-state index contributed by atoms with van der Waals surface area (Å²) >= 11 is 0. The first-order valence-corrected chi connectivity index (χ1v) is 11.6. The zero-order valence-corrected chi connectivity index (χ0v) is 17.6. The highest BCUT2D eigenvalue weighted by atomic mass is 16.5. The van der Waals surface area contributed by atoms with Crippen molar-refractivity contribution >= 4 is 11.8 Å². The molecule has 3 aliphatic heterocycles. The number of nitrogens with one attached hydrogen (secondary N) is 1. The number of para-hydroxylation sites is 1. The number of amides is 2. The molecule has 1 spiro atoms. The lowest BCUT2D eigenvalue weighted by molar-refractivity contribution is -0.142. The van der Waals surface area contributed by atoms with Crippen LogP contribution in [-0.4, -0.2) is 54.7 Å². The molecule has 0 aromatic heterocycles. The second kappa shape index (κ2) is 8.22. The molecule has 0 bridgehead atoms. The average molecular weight is 413 g/mol. The smallest absolute Gasteiger partial charge is 0.225 e. The first-order chi connectivity index (χ1) is 14.6. The third-order valence-corrected chi connectivity index (χ3v) is 7.23. The summed E-state index contributed by atoms with van der Waals surface area (Å²) in [5.41, 5.74) is 0.875. The highest BCUT2D eigenvalue weighted by Gasteiger charge is 2.45. The Kier molecular flexibility index (Phi) is 5.44. The molecule has 2 saturated heterocycles. The standard InChI is InChI=1S/C24H32N2O4/c27-22(25-19-5-6-19)15-18-16-24(30-21-4-2-1-3-20(18)21)9-11-26(12-10-24)23(28)17-7-13-29-14-8-17/h1-4,17-19H,5-16H2,(H,25,27). The van der Waals surface area contributed by atoms with Gasteiger partial charge < -0.3 is 19.7 Å². The monoisotopic (exact) mass is 412 g/mol. The van der Waals surface area contributed by atoms with Crippen LogP contribution in [0.1, 0.15) is 62.8 Å². The summed E-state index contributed by atoms with van der Waals surface area (Å²) in [6.07, 6.45) is 6.91. The molecule has 6 heteroatoms. The number of nitrogens with zero attached hydrogens (tertiary/aromatic N) is 1. The van der Waals surface area contributed by atoms with Gasteiger partial charge in [-0.15, -0.1) is 0 Å². The summed E-state index contributed by atoms with van der Waals surface area (Å²) in [5, 5.41) is 3.14. The predicted octanol–water partition coefficient (Wildman–Crippen LogP) is 3.01. The zero-order valence-electron chi connectivity index (χ0n) is 17.6. The summed E-state index contributed by atoms with van der Waals surface area (Å²) in [4.78, 5) is 27.5. The summed E-state index contributed by atoms with van der Waals surface area (Å²) in [6, 6.07) is 8.55. The second-order valence-electron chi connectivity index (χ2n) is 9.48. The molecule has 2 amide bonds. The molecule has 5 rings (SSSR count). The molecule has 4 aliphatic rings. The van der Waals surface area contributed by atoms with E-state index < -0.39 is 0 Å². The average Bonchev–Trinajstić information content (AvgIpc) is 3.58. The van der Waals surface area contributed by atoms with Crippen LogP contribution in [0.2, 0.25) is 0 Å². The van der Waals surface area contributed by atoms with Gasteiger partial charge in [0.2, 0.25) is 11.8 Å². The molecule has 0 radical (unpaired) electrons. The van der Waals surface area contributed by atoms with Crippen molar-refractivity contribution in [2.75, 3.05) is 26.3 Å². The minimum atomic E-state index is -0.272. The van der Waals surface area contributed by atoms with E-state index in [1.165, 1.54) is 0 Å². The van der Waals surface area contributed by atoms with Crippen molar-refractivity contribution in [2.24, 2.45) is 5.92 Å². The molecule has 6 nitrogen and oxygen atoms in total. The molecular weight excluding hydrogens is 380 g/mol. The predicted molar refractivity (Wildman–Crippen MR) is 112 cm³/mol. The van der Waals surface area contributed by atoms with Crippen LogP contribution in [0, 0.1) is 5.92 Å². The van der Waals surface area contributed by atoms with E-state index in [9.17, 15) is 9.59 Å². The van der Waals surface area contributed by atoms with E-state index in [1.54, 1.807) is 0 Å². The molecule has 3 fully saturated rings. The first-order valence-electron chi connectivity index (χ1n) is 11.6. The molecular formula is C24H32N2O4. The Labute approximate surface area is 178 Å². The lowest BCUT2D eigenvalue weighted by atomic mass is 9.76. The fourth-order valence-corrected chi connectivity index (χ4v) is 5.31. The highest BCUT2D eigenvalue weighted by molar-refractivity contribution is 5.79. The highest BCUT2D eigenvalue weighted by Crippen LogP contribution is 2.46. The number of hydrogen-bond donors (Lipinski definition) is 1. The molecule has 1 unspecified atom stereocenters. The van der Waals surface area contributed by atoms with Gasteiger partial charge in [-0.25, -0.2) is 0 Å². The first kappa shape index (κ1) is 19.9. The second-order valence-corrected chi connectivity index (χ2v) is 9.48. The Balaban J connectivity index is 1.26. The maximum Gasteiger partial charge on any atom is 0.225 e. The molecule has 1 aromatic carbocycles. The minimum absolute atomic E-state index is 0.111. The molecule has 162 valence electrons. The van der Waals surface area contributed by atoms with Gasteiger partial charge in [0, 0.05) is 63.4 Å². The third-order valence-electron chi connectivity index (χ3n) is 7.23. The van der Waals surface area contributed by atoms with Gasteiger partial charge in [0.1, 0.15) is 11.4 Å². The van der Waals surface area contributed by atoms with Crippen LogP contribution < -0.4 is 10.1 Å². The number of hydrogen-bond acceptors (Lipinski definition) is 4. The van der Waals surface area contributed by atoms with Crippen molar-refractivity contribution in [1.29, 1.82) is 0 Å². The van der Waals surface area contributed by atoms with Crippen LogP contribution in [0.4, 0.5) is 0 Å². The molecule has 1 saturated carbocycles. The van der Waals surface area contributed by atoms with Gasteiger partial charge in [0.15, 0.2) is 0 Å². The van der Waals surface area contributed by atoms with Crippen LogP contribution in [0.5, 0.6) is 5.75 Å². The van der Waals surface area contributed by atoms with Crippen LogP contribution in [0.15, 0.2) is 24.3 Å². The summed E-state index contributed by atoms with van der Waals surface area (Å²) in [7, 11) is 0. The number of fused-ring (bicyclic) bond motifs is 1. The summed E-state index contributed by atoms with van der Waals surface area (Å²) in [5.74, 6) is 1.63. The molecule has 3 heterocycles. The Hall–Kier alpha value is -2.08. The van der Waals surface area contributed by atoms with Crippen molar-refractivity contribution in [3.8, 4) is 5.75 Å². The molecule has 30 heavy (non-hydrogen) atoms. The van der Waals surface area contributed by atoms with E-state index in [0.717, 1.165) is 69.3 Å². The van der Waals surface area contributed by atoms with Gasteiger partial charge in [0.25, 0.3) is 0 Å². The number of benzene rings is 1. The van der Waals surface area contributed by atoms with Crippen molar-refractivity contribution < 1.29 is 19.1 Å². The van der Waals surface area contributed by atoms with E-state index in [1.807, 2.05) is 23.1 Å². The van der Waals surface area contributed by atoms with Crippen LogP contribution in [-0.2, 0) is 14.3 Å². The van der Waals surface area contributed by atoms with Gasteiger partial charge >= 0.3 is 0 Å². The summed E-state index contributed by atoms with van der Waals surface area (Å²) in [6.45, 7) is 2.86. The molecule has 1 aromatic rings. The normalized spacial score (nSPS) is 26.0. The Morgan fingerprint density at radius 1 is 1.07 bits per heavy atom. The van der Waals surface area contributed by atoms with E-state index in [0.29, 0.717) is 25.7 Å². The van der Waals surface area contributed by atoms with E-state index >= 15 is 0 Å². The number of rotatable bonds is 4. The van der Waals surface area contributed by atoms with E-state index in [4.69, 9.17) is 9.47 Å². The van der Waals surface area contributed by atoms with Crippen LogP contribution in [0.25, 0.3) is 0 Å². The van der Waals surface area contributed by atoms with Crippen LogP contribution >= 0.6 is 0 Å².